The molecule has 2 rings (SSSR count). The minimum atomic E-state index is -4.19. The molecule has 0 atom stereocenters. The van der Waals surface area contributed by atoms with Gasteiger partial charge in [-0.05, 0) is 25.0 Å². The first-order chi connectivity index (χ1) is 9.38. The summed E-state index contributed by atoms with van der Waals surface area (Å²) in [5.74, 6) is -2.02. The summed E-state index contributed by atoms with van der Waals surface area (Å²) in [6, 6.07) is 4.23. The van der Waals surface area contributed by atoms with E-state index in [1.165, 1.54) is 0 Å². The lowest BCUT2D eigenvalue weighted by Crippen LogP contribution is -2.48. The third-order valence-electron chi connectivity index (χ3n) is 3.43. The maximum atomic E-state index is 13.6. The molecule has 1 aliphatic rings. The van der Waals surface area contributed by atoms with Crippen LogP contribution in [0, 0.1) is 23.0 Å². The second-order valence-corrected chi connectivity index (χ2v) is 6.59. The summed E-state index contributed by atoms with van der Waals surface area (Å²) < 4.78 is 53.0. The Balaban J connectivity index is 2.33. The van der Waals surface area contributed by atoms with Gasteiger partial charge in [-0.1, -0.05) is 19.3 Å². The van der Waals surface area contributed by atoms with Crippen LogP contribution in [-0.2, 0) is 10.0 Å². The molecular formula is C13H14F2N2O2S. The second-order valence-electron chi connectivity index (χ2n) is 4.93. The Kier molecular flexibility index (Phi) is 4.06. The summed E-state index contributed by atoms with van der Waals surface area (Å²) in [4.78, 5) is -0.640. The predicted octanol–water partition coefficient (Wildman–Crippen LogP) is 2.47. The van der Waals surface area contributed by atoms with Gasteiger partial charge in [0.25, 0.3) is 0 Å². The molecule has 1 saturated carbocycles. The van der Waals surface area contributed by atoms with Crippen molar-refractivity contribution in [2.24, 2.45) is 0 Å². The first-order valence-corrected chi connectivity index (χ1v) is 7.77. The SMILES string of the molecule is N#CC1(NS(=O)(=O)c2ccc(F)cc2F)CCCCC1. The second kappa shape index (κ2) is 5.46. The van der Waals surface area contributed by atoms with E-state index in [9.17, 15) is 22.5 Å². The first kappa shape index (κ1) is 14.9. The zero-order valence-corrected chi connectivity index (χ0v) is 11.5. The van der Waals surface area contributed by atoms with E-state index in [-0.39, 0.29) is 0 Å². The highest BCUT2D eigenvalue weighted by Crippen LogP contribution is 2.29. The van der Waals surface area contributed by atoms with Gasteiger partial charge in [0, 0.05) is 6.07 Å². The molecule has 0 bridgehead atoms. The zero-order chi connectivity index (χ0) is 14.8. The fourth-order valence-electron chi connectivity index (χ4n) is 2.40. The van der Waals surface area contributed by atoms with Crippen LogP contribution in [0.5, 0.6) is 0 Å². The summed E-state index contributed by atoms with van der Waals surface area (Å²) in [7, 11) is -4.19. The molecule has 0 aliphatic heterocycles. The van der Waals surface area contributed by atoms with Crippen LogP contribution in [0.25, 0.3) is 0 Å². The molecule has 108 valence electrons. The molecule has 0 unspecified atom stereocenters. The molecule has 1 N–H and O–H groups in total. The number of rotatable bonds is 3. The van der Waals surface area contributed by atoms with Crippen LogP contribution in [0.15, 0.2) is 23.1 Å². The summed E-state index contributed by atoms with van der Waals surface area (Å²) in [5.41, 5.74) is -1.20. The van der Waals surface area contributed by atoms with E-state index in [0.29, 0.717) is 18.9 Å². The standard InChI is InChI=1S/C13H14F2N2O2S/c14-10-4-5-12(11(15)8-10)20(18,19)17-13(9-16)6-2-1-3-7-13/h4-5,8,17H,1-3,6-7H2. The van der Waals surface area contributed by atoms with Gasteiger partial charge in [-0.2, -0.15) is 9.98 Å². The monoisotopic (exact) mass is 300 g/mol. The number of hydrogen-bond acceptors (Lipinski definition) is 3. The van der Waals surface area contributed by atoms with Crippen molar-refractivity contribution in [1.82, 2.24) is 4.72 Å². The molecule has 1 aromatic rings. The van der Waals surface area contributed by atoms with Gasteiger partial charge in [-0.25, -0.2) is 17.2 Å². The predicted molar refractivity (Wildman–Crippen MR) is 68.1 cm³/mol. The number of nitrogens with zero attached hydrogens (tertiary/aromatic N) is 1. The molecule has 0 saturated heterocycles. The highest BCUT2D eigenvalue weighted by atomic mass is 32.2. The Morgan fingerprint density at radius 1 is 1.20 bits per heavy atom. The molecule has 1 aromatic carbocycles. The van der Waals surface area contributed by atoms with Gasteiger partial charge in [0.05, 0.1) is 6.07 Å². The number of hydrogen-bond donors (Lipinski definition) is 1. The van der Waals surface area contributed by atoms with E-state index in [4.69, 9.17) is 0 Å². The summed E-state index contributed by atoms with van der Waals surface area (Å²) >= 11 is 0. The lowest BCUT2D eigenvalue weighted by molar-refractivity contribution is 0.337. The minimum absolute atomic E-state index is 0.394. The normalized spacial score (nSPS) is 18.4. The Hall–Kier alpha value is -1.52. The quantitative estimate of drug-likeness (QED) is 0.932. The van der Waals surface area contributed by atoms with Crippen LogP contribution in [0.4, 0.5) is 8.78 Å². The first-order valence-electron chi connectivity index (χ1n) is 6.29. The molecule has 0 amide bonds. The van der Waals surface area contributed by atoms with Gasteiger partial charge in [0.1, 0.15) is 22.1 Å². The molecule has 7 heteroatoms. The van der Waals surface area contributed by atoms with Gasteiger partial charge in [-0.3, -0.25) is 0 Å². The summed E-state index contributed by atoms with van der Waals surface area (Å²) in [6.07, 6.45) is 3.21. The molecule has 20 heavy (non-hydrogen) atoms. The number of sulfonamides is 1. The summed E-state index contributed by atoms with van der Waals surface area (Å²) in [6.45, 7) is 0. The third-order valence-corrected chi connectivity index (χ3v) is 5.00. The highest BCUT2D eigenvalue weighted by Gasteiger charge is 2.37. The highest BCUT2D eigenvalue weighted by molar-refractivity contribution is 7.89. The number of nitriles is 1. The number of halogens is 2. The maximum Gasteiger partial charge on any atom is 0.244 e. The van der Waals surface area contributed by atoms with Gasteiger partial charge in [-0.15, -0.1) is 0 Å². The Labute approximate surface area is 116 Å². The fourth-order valence-corrected chi connectivity index (χ4v) is 3.83. The Bertz CT molecular complexity index is 647. The van der Waals surface area contributed by atoms with Crippen LogP contribution >= 0.6 is 0 Å². The van der Waals surface area contributed by atoms with Gasteiger partial charge < -0.3 is 0 Å². The van der Waals surface area contributed by atoms with Crippen LogP contribution in [-0.4, -0.2) is 14.0 Å². The number of benzene rings is 1. The topological polar surface area (TPSA) is 70.0 Å². The molecule has 0 aromatic heterocycles. The largest absolute Gasteiger partial charge is 0.244 e. The van der Waals surface area contributed by atoms with Gasteiger partial charge in [0.15, 0.2) is 0 Å². The van der Waals surface area contributed by atoms with Crippen molar-refractivity contribution in [3.63, 3.8) is 0 Å². The smallest absolute Gasteiger partial charge is 0.207 e. The van der Waals surface area contributed by atoms with E-state index < -0.39 is 32.1 Å². The van der Waals surface area contributed by atoms with Crippen molar-refractivity contribution in [3.05, 3.63) is 29.8 Å². The lowest BCUT2D eigenvalue weighted by atomic mass is 9.84. The maximum absolute atomic E-state index is 13.6. The van der Waals surface area contributed by atoms with Crippen LogP contribution < -0.4 is 4.72 Å². The van der Waals surface area contributed by atoms with Crippen molar-refractivity contribution in [2.75, 3.05) is 0 Å². The van der Waals surface area contributed by atoms with E-state index in [2.05, 4.69) is 4.72 Å². The van der Waals surface area contributed by atoms with E-state index >= 15 is 0 Å². The molecule has 1 aliphatic carbocycles. The minimum Gasteiger partial charge on any atom is -0.207 e. The number of nitrogens with one attached hydrogen (secondary N) is 1. The van der Waals surface area contributed by atoms with E-state index in [0.717, 1.165) is 31.4 Å². The summed E-state index contributed by atoms with van der Waals surface area (Å²) in [5, 5.41) is 9.23. The average Bonchev–Trinajstić information content (AvgIpc) is 2.38. The molecule has 1 fully saturated rings. The molecule has 0 heterocycles. The third kappa shape index (κ3) is 2.97. The van der Waals surface area contributed by atoms with Crippen LogP contribution in [0.2, 0.25) is 0 Å². The van der Waals surface area contributed by atoms with E-state index in [1.807, 2.05) is 6.07 Å². The van der Waals surface area contributed by atoms with E-state index in [1.54, 1.807) is 0 Å². The van der Waals surface area contributed by atoms with Crippen molar-refractivity contribution < 1.29 is 17.2 Å². The van der Waals surface area contributed by atoms with Crippen molar-refractivity contribution in [3.8, 4) is 6.07 Å². The van der Waals surface area contributed by atoms with Gasteiger partial charge in [0.2, 0.25) is 10.0 Å². The van der Waals surface area contributed by atoms with Crippen molar-refractivity contribution in [2.45, 2.75) is 42.5 Å². The Morgan fingerprint density at radius 3 is 2.40 bits per heavy atom. The van der Waals surface area contributed by atoms with Crippen molar-refractivity contribution >= 4 is 10.0 Å². The molecule has 4 nitrogen and oxygen atoms in total. The average molecular weight is 300 g/mol. The van der Waals surface area contributed by atoms with Crippen LogP contribution in [0.3, 0.4) is 0 Å². The molecule has 0 spiro atoms. The molecule has 0 radical (unpaired) electrons. The Morgan fingerprint density at radius 2 is 1.85 bits per heavy atom. The zero-order valence-electron chi connectivity index (χ0n) is 10.7. The fraction of sp³-hybridized carbons (Fsp3) is 0.462. The van der Waals surface area contributed by atoms with Gasteiger partial charge >= 0.3 is 0 Å². The van der Waals surface area contributed by atoms with Crippen LogP contribution in [0.1, 0.15) is 32.1 Å². The molecular weight excluding hydrogens is 286 g/mol. The lowest BCUT2D eigenvalue weighted by Gasteiger charge is -2.31. The van der Waals surface area contributed by atoms with Crippen molar-refractivity contribution in [1.29, 1.82) is 5.26 Å².